The van der Waals surface area contributed by atoms with Crippen LogP contribution in [0.1, 0.15) is 46.1 Å². The monoisotopic (exact) mass is 463 g/mol. The second kappa shape index (κ2) is 8.19. The molecule has 6 heteroatoms. The first-order chi connectivity index (χ1) is 16.2. The number of ether oxygens (including phenoxy) is 2. The number of amides is 1. The predicted molar refractivity (Wildman–Crippen MR) is 127 cm³/mol. The van der Waals surface area contributed by atoms with Crippen molar-refractivity contribution in [1.29, 1.82) is 0 Å². The Morgan fingerprint density at radius 1 is 1.12 bits per heavy atom. The van der Waals surface area contributed by atoms with E-state index in [1.807, 2.05) is 37.3 Å². The number of esters is 1. The van der Waals surface area contributed by atoms with Crippen LogP contribution in [-0.4, -0.2) is 41.0 Å². The lowest BCUT2D eigenvalue weighted by molar-refractivity contribution is -0.181. The molecule has 6 nitrogen and oxygen atoms in total. The number of epoxide rings is 1. The molecule has 1 aromatic carbocycles. The van der Waals surface area contributed by atoms with Gasteiger partial charge in [0.25, 0.3) is 5.91 Å². The van der Waals surface area contributed by atoms with E-state index < -0.39 is 17.5 Å². The van der Waals surface area contributed by atoms with Crippen molar-refractivity contribution in [2.45, 2.75) is 70.3 Å². The van der Waals surface area contributed by atoms with Gasteiger partial charge in [-0.3, -0.25) is 14.4 Å². The van der Waals surface area contributed by atoms with Crippen molar-refractivity contribution in [1.82, 2.24) is 5.32 Å². The second-order valence-corrected chi connectivity index (χ2v) is 10.6. The summed E-state index contributed by atoms with van der Waals surface area (Å²) in [6.07, 6.45) is 6.53. The lowest BCUT2D eigenvalue weighted by Gasteiger charge is -2.46. The normalized spacial score (nSPS) is 41.6. The summed E-state index contributed by atoms with van der Waals surface area (Å²) in [6, 6.07) is 9.89. The van der Waals surface area contributed by atoms with E-state index in [1.165, 1.54) is 0 Å². The van der Waals surface area contributed by atoms with Crippen LogP contribution in [0.2, 0.25) is 0 Å². The van der Waals surface area contributed by atoms with Crippen molar-refractivity contribution >= 4 is 17.7 Å². The SMILES string of the molecule is CC1=CCC(=O)O[C@]23C(=O)N[C@H](Cc4ccccc4)[C@H]2[C@@H](C)[C@]2(C)O[C@H]2[C@H]3C=CC[C@@H](C)C1=O. The van der Waals surface area contributed by atoms with E-state index in [0.717, 1.165) is 5.56 Å². The number of fused-ring (bicyclic) bond motifs is 2. The Balaban J connectivity index is 1.58. The van der Waals surface area contributed by atoms with Gasteiger partial charge in [-0.15, -0.1) is 0 Å². The molecule has 0 aromatic heterocycles. The van der Waals surface area contributed by atoms with Gasteiger partial charge in [0.15, 0.2) is 5.78 Å². The van der Waals surface area contributed by atoms with Crippen LogP contribution < -0.4 is 5.32 Å². The summed E-state index contributed by atoms with van der Waals surface area (Å²) >= 11 is 0. The van der Waals surface area contributed by atoms with Gasteiger partial charge in [-0.1, -0.05) is 62.4 Å². The van der Waals surface area contributed by atoms with E-state index in [1.54, 1.807) is 13.0 Å². The van der Waals surface area contributed by atoms with Gasteiger partial charge in [0, 0.05) is 17.9 Å². The Kier molecular flexibility index (Phi) is 5.55. The van der Waals surface area contributed by atoms with E-state index in [2.05, 4.69) is 31.3 Å². The van der Waals surface area contributed by atoms with Gasteiger partial charge in [0.1, 0.15) is 0 Å². The summed E-state index contributed by atoms with van der Waals surface area (Å²) in [5.74, 6) is -1.55. The fourth-order valence-corrected chi connectivity index (χ4v) is 6.50. The van der Waals surface area contributed by atoms with Gasteiger partial charge < -0.3 is 14.8 Å². The Morgan fingerprint density at radius 3 is 2.59 bits per heavy atom. The summed E-state index contributed by atoms with van der Waals surface area (Å²) in [7, 11) is 0. The zero-order chi connectivity index (χ0) is 24.3. The molecule has 1 aliphatic carbocycles. The highest BCUT2D eigenvalue weighted by Gasteiger charge is 2.78. The molecule has 5 rings (SSSR count). The summed E-state index contributed by atoms with van der Waals surface area (Å²) in [4.78, 5) is 39.5. The van der Waals surface area contributed by atoms with Gasteiger partial charge in [-0.25, -0.2) is 0 Å². The Bertz CT molecular complexity index is 1080. The lowest BCUT2D eigenvalue weighted by Crippen LogP contribution is -2.61. The molecule has 1 saturated carbocycles. The van der Waals surface area contributed by atoms with Crippen LogP contribution in [0.3, 0.4) is 0 Å². The fourth-order valence-electron chi connectivity index (χ4n) is 6.50. The number of carbonyl (C=O) groups is 3. The van der Waals surface area contributed by atoms with Crippen LogP contribution in [0.25, 0.3) is 0 Å². The average Bonchev–Trinajstić information content (AvgIpc) is 3.43. The maximum Gasteiger partial charge on any atom is 0.310 e. The van der Waals surface area contributed by atoms with Crippen molar-refractivity contribution < 1.29 is 23.9 Å². The van der Waals surface area contributed by atoms with Gasteiger partial charge in [-0.2, -0.15) is 0 Å². The van der Waals surface area contributed by atoms with Crippen LogP contribution >= 0.6 is 0 Å². The number of carbonyl (C=O) groups excluding carboxylic acids is 3. The average molecular weight is 464 g/mol. The Labute approximate surface area is 200 Å². The molecule has 4 aliphatic rings. The predicted octanol–water partition coefficient (Wildman–Crippen LogP) is 3.55. The molecule has 180 valence electrons. The third kappa shape index (κ3) is 3.46. The van der Waals surface area contributed by atoms with E-state index >= 15 is 0 Å². The highest BCUT2D eigenvalue weighted by Crippen LogP contribution is 2.63. The van der Waals surface area contributed by atoms with Crippen molar-refractivity contribution in [3.63, 3.8) is 0 Å². The summed E-state index contributed by atoms with van der Waals surface area (Å²) in [5, 5.41) is 3.21. The zero-order valence-corrected chi connectivity index (χ0v) is 20.2. The van der Waals surface area contributed by atoms with Crippen molar-refractivity contribution in [2.75, 3.05) is 0 Å². The maximum absolute atomic E-state index is 13.8. The van der Waals surface area contributed by atoms with Gasteiger partial charge in [0.2, 0.25) is 5.60 Å². The molecular weight excluding hydrogens is 430 g/mol. The van der Waals surface area contributed by atoms with Crippen LogP contribution in [0.15, 0.2) is 54.1 Å². The quantitative estimate of drug-likeness (QED) is 0.412. The van der Waals surface area contributed by atoms with Crippen molar-refractivity contribution in [3.05, 3.63) is 59.7 Å². The summed E-state index contributed by atoms with van der Waals surface area (Å²) < 4.78 is 12.5. The van der Waals surface area contributed by atoms with E-state index in [4.69, 9.17) is 9.47 Å². The molecule has 1 aromatic rings. The maximum atomic E-state index is 13.8. The number of Topliss-reactive ketones (excluding diaryl/α,β-unsaturated/α-hetero) is 1. The van der Waals surface area contributed by atoms with Crippen LogP contribution in [0.5, 0.6) is 0 Å². The smallest absolute Gasteiger partial charge is 0.310 e. The highest BCUT2D eigenvalue weighted by molar-refractivity contribution is 5.97. The standard InChI is InChI=1S/C28H33NO5/c1-16-9-8-12-20-25-27(4,34-25)18(3)23-21(15-19-10-6-5-7-11-19)29-26(32)28(20,23)33-22(30)14-13-17(2)24(16)31/h5-8,10-13,16,18,20-21,23,25H,9,14-15H2,1-4H3,(H,29,32)/t16-,18-,20-,21-,23-,25+,27+,28+/m1/s1. The highest BCUT2D eigenvalue weighted by atomic mass is 16.6. The van der Waals surface area contributed by atoms with Crippen molar-refractivity contribution in [3.8, 4) is 0 Å². The number of hydrogen-bond acceptors (Lipinski definition) is 5. The summed E-state index contributed by atoms with van der Waals surface area (Å²) in [5.41, 5.74) is -0.0388. The molecule has 1 amide bonds. The molecule has 2 saturated heterocycles. The minimum absolute atomic E-state index is 0.00768. The Morgan fingerprint density at radius 2 is 1.85 bits per heavy atom. The fraction of sp³-hybridized carbons (Fsp3) is 0.536. The summed E-state index contributed by atoms with van der Waals surface area (Å²) in [6.45, 7) is 7.83. The molecule has 1 spiro atoms. The minimum atomic E-state index is -1.33. The minimum Gasteiger partial charge on any atom is -0.448 e. The molecule has 0 radical (unpaired) electrons. The largest absolute Gasteiger partial charge is 0.448 e. The van der Waals surface area contributed by atoms with Gasteiger partial charge in [0.05, 0.1) is 24.0 Å². The van der Waals surface area contributed by atoms with Gasteiger partial charge >= 0.3 is 5.97 Å². The molecule has 8 atom stereocenters. The molecule has 3 fully saturated rings. The number of benzene rings is 1. The van der Waals surface area contributed by atoms with E-state index in [9.17, 15) is 14.4 Å². The molecule has 34 heavy (non-hydrogen) atoms. The third-order valence-electron chi connectivity index (χ3n) is 8.58. The second-order valence-electron chi connectivity index (χ2n) is 10.6. The number of nitrogens with one attached hydrogen (secondary N) is 1. The first-order valence-corrected chi connectivity index (χ1v) is 12.3. The molecule has 0 bridgehead atoms. The molecule has 1 N–H and O–H groups in total. The number of hydrogen-bond donors (Lipinski definition) is 1. The first-order valence-electron chi connectivity index (χ1n) is 12.3. The molecular formula is C28H33NO5. The van der Waals surface area contributed by atoms with Gasteiger partial charge in [-0.05, 0) is 43.7 Å². The van der Waals surface area contributed by atoms with Crippen LogP contribution in [-0.2, 0) is 30.3 Å². The van der Waals surface area contributed by atoms with E-state index in [-0.39, 0.29) is 53.6 Å². The first kappa shape index (κ1) is 23.0. The Hall–Kier alpha value is -2.73. The van der Waals surface area contributed by atoms with Crippen LogP contribution in [0, 0.1) is 23.7 Å². The molecule has 3 heterocycles. The third-order valence-corrected chi connectivity index (χ3v) is 8.58. The topological polar surface area (TPSA) is 85.0 Å². The number of allylic oxidation sites excluding steroid dienone is 2. The molecule has 0 unspecified atom stereocenters. The van der Waals surface area contributed by atoms with Crippen molar-refractivity contribution in [2.24, 2.45) is 23.7 Å². The zero-order valence-electron chi connectivity index (χ0n) is 20.2. The molecule has 3 aliphatic heterocycles. The van der Waals surface area contributed by atoms with Crippen LogP contribution in [0.4, 0.5) is 0 Å². The number of ketones is 1. The van der Waals surface area contributed by atoms with E-state index in [0.29, 0.717) is 18.4 Å². The lowest BCUT2D eigenvalue weighted by atomic mass is 9.59. The number of rotatable bonds is 2.